The number of hydrogen-bond donors (Lipinski definition) is 1. The van der Waals surface area contributed by atoms with Crippen molar-refractivity contribution in [1.82, 2.24) is 14.7 Å². The molecule has 4 aliphatic heterocycles. The van der Waals surface area contributed by atoms with Gasteiger partial charge in [-0.3, -0.25) is 19.2 Å². The molecule has 5 bridgehead atoms. The lowest BCUT2D eigenvalue weighted by Gasteiger charge is -2.36. The van der Waals surface area contributed by atoms with Crippen molar-refractivity contribution in [1.29, 1.82) is 0 Å². The molecule has 0 unspecified atom stereocenters. The zero-order chi connectivity index (χ0) is 32.3. The molecule has 0 aromatic heterocycles. The van der Waals surface area contributed by atoms with Crippen LogP contribution in [0, 0.1) is 11.8 Å². The second-order valence-electron chi connectivity index (χ2n) is 12.5. The van der Waals surface area contributed by atoms with E-state index in [0.717, 1.165) is 18.4 Å². The highest BCUT2D eigenvalue weighted by Crippen LogP contribution is 2.59. The highest BCUT2D eigenvalue weighted by molar-refractivity contribution is 9.11. The van der Waals surface area contributed by atoms with Crippen LogP contribution < -0.4 is 0 Å². The van der Waals surface area contributed by atoms with Crippen LogP contribution in [0.2, 0.25) is 0 Å². The first-order chi connectivity index (χ1) is 21.7. The number of benzene rings is 1. The van der Waals surface area contributed by atoms with Gasteiger partial charge in [0.2, 0.25) is 17.7 Å². The fraction of sp³-hybridized carbons (Fsp3) is 0.588. The predicted molar refractivity (Wildman–Crippen MR) is 171 cm³/mol. The molecule has 0 saturated carbocycles. The molecule has 1 N–H and O–H groups in total. The zero-order valence-electron chi connectivity index (χ0n) is 26.3. The van der Waals surface area contributed by atoms with Gasteiger partial charge in [0, 0.05) is 44.2 Å². The Morgan fingerprint density at radius 2 is 1.76 bits per heavy atom. The number of likely N-dealkylation sites (tertiary alicyclic amines) is 1. The van der Waals surface area contributed by atoms with Gasteiger partial charge in [0.25, 0.3) is 0 Å². The summed E-state index contributed by atoms with van der Waals surface area (Å²) >= 11 is 3.60. The molecule has 7 atom stereocenters. The van der Waals surface area contributed by atoms with Gasteiger partial charge in [-0.05, 0) is 44.2 Å². The standard InChI is InChI=1S/C34H44BrN3O7/c1-4-5-17-37-18-11-7-10-16-25(40)36(3)22(2)28(23-14-8-6-9-15-23)44-33(43)26-27-31(41)38(19-12-13-20-39)30(32(37)42)34(27)21-24(35)29(26)45-34/h6-9,11,14-15,21-22,26-30,39H,4-5,10,12-13,16-20H2,1-3H3/b11-7-/t22-,26+,27-,28+,29+,30+,34-/m0/s1. The first kappa shape index (κ1) is 33.3. The second kappa shape index (κ2) is 14.2. The van der Waals surface area contributed by atoms with Crippen LogP contribution in [0.5, 0.6) is 0 Å². The van der Waals surface area contributed by atoms with Crippen molar-refractivity contribution in [2.75, 3.05) is 33.3 Å². The minimum atomic E-state index is -1.34. The first-order valence-electron chi connectivity index (χ1n) is 16.1. The molecule has 2 fully saturated rings. The Hall–Kier alpha value is -3.02. The third-order valence-electron chi connectivity index (χ3n) is 9.66. The van der Waals surface area contributed by atoms with Crippen molar-refractivity contribution in [3.05, 3.63) is 58.6 Å². The summed E-state index contributed by atoms with van der Waals surface area (Å²) in [6.07, 6.45) is 7.45. The van der Waals surface area contributed by atoms with Crippen molar-refractivity contribution in [2.24, 2.45) is 11.8 Å². The van der Waals surface area contributed by atoms with Crippen LogP contribution in [-0.4, -0.2) is 101 Å². The van der Waals surface area contributed by atoms with Crippen LogP contribution >= 0.6 is 15.9 Å². The summed E-state index contributed by atoms with van der Waals surface area (Å²) in [6.45, 7) is 4.95. The average molecular weight is 687 g/mol. The molecule has 5 rings (SSSR count). The Balaban J connectivity index is 1.60. The molecule has 1 aromatic rings. The van der Waals surface area contributed by atoms with E-state index in [-0.39, 0.29) is 37.3 Å². The van der Waals surface area contributed by atoms with Crippen LogP contribution in [0.4, 0.5) is 0 Å². The summed E-state index contributed by atoms with van der Waals surface area (Å²) < 4.78 is 13.5. The maximum atomic E-state index is 14.5. The summed E-state index contributed by atoms with van der Waals surface area (Å²) in [6, 6.07) is 7.82. The van der Waals surface area contributed by atoms with Gasteiger partial charge in [0.1, 0.15) is 29.8 Å². The number of carbonyl (C=O) groups is 4. The number of carbonyl (C=O) groups excluding carboxylic acids is 4. The number of aliphatic hydroxyl groups excluding tert-OH is 1. The van der Waals surface area contributed by atoms with E-state index < -0.39 is 47.7 Å². The number of aliphatic hydroxyl groups is 1. The number of cyclic esters (lactones) is 1. The SMILES string of the molecule is CCCCN1C/C=C\CCC(=O)N(C)[C@@H](C)[C@H](c2ccccc2)OC(=O)[C@H]2[C@@H]3O[C@@]4(C=C3Br)[C@@H]2C(=O)N(CCCCO)[C@@H]4C1=O. The van der Waals surface area contributed by atoms with Crippen molar-refractivity contribution in [3.8, 4) is 0 Å². The number of fused-ring (bicyclic) bond motifs is 2. The van der Waals surface area contributed by atoms with Crippen LogP contribution in [0.1, 0.15) is 64.0 Å². The van der Waals surface area contributed by atoms with Gasteiger partial charge >= 0.3 is 5.97 Å². The fourth-order valence-electron chi connectivity index (χ4n) is 7.14. The Labute approximate surface area is 273 Å². The predicted octanol–water partition coefficient (Wildman–Crippen LogP) is 3.74. The molecule has 2 saturated heterocycles. The lowest BCUT2D eigenvalue weighted by molar-refractivity contribution is -0.164. The third kappa shape index (κ3) is 6.23. The van der Waals surface area contributed by atoms with Gasteiger partial charge in [0.15, 0.2) is 0 Å². The minimum absolute atomic E-state index is 0.0301. The summed E-state index contributed by atoms with van der Waals surface area (Å²) in [7, 11) is 1.71. The number of halogens is 1. The van der Waals surface area contributed by atoms with E-state index in [9.17, 15) is 24.3 Å². The fourth-order valence-corrected chi connectivity index (χ4v) is 7.87. The number of likely N-dealkylation sites (N-methyl/N-ethyl adjacent to an activating group) is 1. The molecule has 0 aliphatic carbocycles. The summed E-state index contributed by atoms with van der Waals surface area (Å²) in [5.41, 5.74) is -0.615. The zero-order valence-corrected chi connectivity index (χ0v) is 27.9. The quantitative estimate of drug-likeness (QED) is 0.252. The molecule has 1 spiro atoms. The molecule has 4 heterocycles. The van der Waals surface area contributed by atoms with E-state index >= 15 is 0 Å². The number of nitrogens with zero attached hydrogens (tertiary/aromatic N) is 3. The van der Waals surface area contributed by atoms with E-state index in [1.165, 1.54) is 0 Å². The largest absolute Gasteiger partial charge is 0.455 e. The number of allylic oxidation sites excluding steroid dienone is 1. The summed E-state index contributed by atoms with van der Waals surface area (Å²) in [5, 5.41) is 9.47. The summed E-state index contributed by atoms with van der Waals surface area (Å²) in [5.74, 6) is -3.21. The van der Waals surface area contributed by atoms with Crippen molar-refractivity contribution < 1.29 is 33.8 Å². The van der Waals surface area contributed by atoms with E-state index in [2.05, 4.69) is 22.9 Å². The molecule has 10 nitrogen and oxygen atoms in total. The minimum Gasteiger partial charge on any atom is -0.455 e. The molecule has 45 heavy (non-hydrogen) atoms. The van der Waals surface area contributed by atoms with Gasteiger partial charge in [-0.15, -0.1) is 0 Å². The van der Waals surface area contributed by atoms with E-state index in [0.29, 0.717) is 36.8 Å². The molecule has 244 valence electrons. The molecular weight excluding hydrogens is 642 g/mol. The Kier molecular flexibility index (Phi) is 10.5. The van der Waals surface area contributed by atoms with Gasteiger partial charge in [-0.2, -0.15) is 0 Å². The molecule has 4 aliphatic rings. The van der Waals surface area contributed by atoms with Gasteiger partial charge in [-0.25, -0.2) is 0 Å². The monoisotopic (exact) mass is 685 g/mol. The van der Waals surface area contributed by atoms with Gasteiger partial charge < -0.3 is 29.3 Å². The van der Waals surface area contributed by atoms with Gasteiger partial charge in [-0.1, -0.05) is 71.8 Å². The summed E-state index contributed by atoms with van der Waals surface area (Å²) in [4.78, 5) is 61.3. The van der Waals surface area contributed by atoms with Crippen LogP contribution in [0.15, 0.2) is 53.0 Å². The van der Waals surface area contributed by atoms with Crippen molar-refractivity contribution in [3.63, 3.8) is 0 Å². The number of esters is 1. The molecular formula is C34H44BrN3O7. The van der Waals surface area contributed by atoms with Crippen LogP contribution in [0.25, 0.3) is 0 Å². The average Bonchev–Trinajstić information content (AvgIpc) is 3.63. The van der Waals surface area contributed by atoms with Crippen molar-refractivity contribution in [2.45, 2.75) is 82.3 Å². The lowest BCUT2D eigenvalue weighted by Crippen LogP contribution is -2.56. The second-order valence-corrected chi connectivity index (χ2v) is 13.4. The van der Waals surface area contributed by atoms with Crippen LogP contribution in [0.3, 0.4) is 0 Å². The van der Waals surface area contributed by atoms with E-state index in [1.807, 2.05) is 55.5 Å². The third-order valence-corrected chi connectivity index (χ3v) is 10.3. The molecule has 1 aromatic carbocycles. The Morgan fingerprint density at radius 3 is 2.47 bits per heavy atom. The maximum absolute atomic E-state index is 14.5. The van der Waals surface area contributed by atoms with E-state index in [4.69, 9.17) is 9.47 Å². The normalized spacial score (nSPS) is 33.0. The molecule has 3 amide bonds. The van der Waals surface area contributed by atoms with E-state index in [1.54, 1.807) is 21.7 Å². The van der Waals surface area contributed by atoms with Gasteiger partial charge in [0.05, 0.1) is 12.0 Å². The highest BCUT2D eigenvalue weighted by Gasteiger charge is 2.74. The van der Waals surface area contributed by atoms with Crippen molar-refractivity contribution >= 4 is 39.6 Å². The number of unbranched alkanes of at least 4 members (excludes halogenated alkanes) is 2. The topological polar surface area (TPSA) is 117 Å². The molecule has 11 heteroatoms. The first-order valence-corrected chi connectivity index (χ1v) is 16.9. The van der Waals surface area contributed by atoms with Crippen LogP contribution in [-0.2, 0) is 28.7 Å². The lowest BCUT2D eigenvalue weighted by atomic mass is 9.74. The number of hydrogen-bond acceptors (Lipinski definition) is 7. The number of amides is 3. The smallest absolute Gasteiger partial charge is 0.313 e. The highest BCUT2D eigenvalue weighted by atomic mass is 79.9. The number of rotatable bonds is 8. The number of ether oxygens (including phenoxy) is 2. The molecule has 0 radical (unpaired) electrons. The Bertz CT molecular complexity index is 1340. The maximum Gasteiger partial charge on any atom is 0.313 e. The Morgan fingerprint density at radius 1 is 1.00 bits per heavy atom.